The van der Waals surface area contributed by atoms with Gasteiger partial charge in [0.25, 0.3) is 5.91 Å². The number of amides is 1. The van der Waals surface area contributed by atoms with E-state index >= 15 is 0 Å². The topological polar surface area (TPSA) is 116 Å². The molecular formula is C17H17N7O2. The molecule has 26 heavy (non-hydrogen) atoms. The van der Waals surface area contributed by atoms with Crippen LogP contribution in [0.5, 0.6) is 0 Å². The van der Waals surface area contributed by atoms with Gasteiger partial charge in [-0.05, 0) is 12.1 Å². The average Bonchev–Trinajstić information content (AvgIpc) is 3.38. The van der Waals surface area contributed by atoms with Gasteiger partial charge in [0, 0.05) is 32.2 Å². The first kappa shape index (κ1) is 16.1. The summed E-state index contributed by atoms with van der Waals surface area (Å²) >= 11 is 0. The Labute approximate surface area is 149 Å². The summed E-state index contributed by atoms with van der Waals surface area (Å²) in [5.41, 5.74) is 2.17. The number of rotatable bonds is 3. The minimum absolute atomic E-state index is 0.162. The first-order chi connectivity index (χ1) is 12.6. The molecule has 0 saturated carbocycles. The van der Waals surface area contributed by atoms with Crippen molar-refractivity contribution < 1.29 is 9.90 Å². The van der Waals surface area contributed by atoms with Crippen LogP contribution in [0, 0.1) is 11.3 Å². The summed E-state index contributed by atoms with van der Waals surface area (Å²) in [5, 5.41) is 23.9. The molecule has 9 heteroatoms. The Hall–Kier alpha value is -3.38. The molecule has 0 fully saturated rings. The Morgan fingerprint density at radius 1 is 1.42 bits per heavy atom. The molecule has 1 aliphatic rings. The molecule has 1 amide bonds. The van der Waals surface area contributed by atoms with Crippen molar-refractivity contribution in [2.24, 2.45) is 7.05 Å². The molecule has 1 atom stereocenters. The van der Waals surface area contributed by atoms with E-state index in [0.717, 1.165) is 5.69 Å². The first-order valence-corrected chi connectivity index (χ1v) is 8.16. The molecule has 3 aromatic rings. The number of fused-ring (bicyclic) bond motifs is 1. The molecule has 4 heterocycles. The zero-order chi connectivity index (χ0) is 18.3. The van der Waals surface area contributed by atoms with Crippen molar-refractivity contribution >= 4 is 5.91 Å². The van der Waals surface area contributed by atoms with Crippen LogP contribution in [0.2, 0.25) is 0 Å². The van der Waals surface area contributed by atoms with E-state index < -0.39 is 6.10 Å². The van der Waals surface area contributed by atoms with E-state index in [9.17, 15) is 9.90 Å². The fraction of sp³-hybridized carbons (Fsp3) is 0.294. The number of nitrogens with zero attached hydrogens (tertiary/aromatic N) is 6. The predicted molar refractivity (Wildman–Crippen MR) is 89.7 cm³/mol. The van der Waals surface area contributed by atoms with E-state index in [1.807, 2.05) is 13.1 Å². The highest BCUT2D eigenvalue weighted by Gasteiger charge is 2.26. The largest absolute Gasteiger partial charge is 0.379 e. The fourth-order valence-corrected chi connectivity index (χ4v) is 3.12. The van der Waals surface area contributed by atoms with Crippen LogP contribution in [-0.4, -0.2) is 46.8 Å². The summed E-state index contributed by atoms with van der Waals surface area (Å²) in [5.74, 6) is 0.356. The average molecular weight is 351 g/mol. The van der Waals surface area contributed by atoms with Gasteiger partial charge in [0.2, 0.25) is 0 Å². The number of aromatic amines is 1. The van der Waals surface area contributed by atoms with E-state index in [2.05, 4.69) is 15.1 Å². The second-order valence-electron chi connectivity index (χ2n) is 6.22. The van der Waals surface area contributed by atoms with Crippen molar-refractivity contribution in [3.8, 4) is 6.07 Å². The number of imidazole rings is 1. The Bertz CT molecular complexity index is 1010. The van der Waals surface area contributed by atoms with E-state index in [0.29, 0.717) is 42.4 Å². The molecule has 3 aromatic heterocycles. The first-order valence-electron chi connectivity index (χ1n) is 8.16. The van der Waals surface area contributed by atoms with Crippen LogP contribution in [-0.2, 0) is 20.1 Å². The van der Waals surface area contributed by atoms with Gasteiger partial charge in [-0.3, -0.25) is 9.48 Å². The van der Waals surface area contributed by atoms with Crippen LogP contribution >= 0.6 is 0 Å². The summed E-state index contributed by atoms with van der Waals surface area (Å²) < 4.78 is 3.55. The van der Waals surface area contributed by atoms with Crippen molar-refractivity contribution in [3.63, 3.8) is 0 Å². The Balaban J connectivity index is 1.54. The fourth-order valence-electron chi connectivity index (χ4n) is 3.12. The smallest absolute Gasteiger partial charge is 0.270 e. The maximum Gasteiger partial charge on any atom is 0.270 e. The molecule has 0 spiro atoms. The lowest BCUT2D eigenvalue weighted by molar-refractivity contribution is 0.0700. The van der Waals surface area contributed by atoms with Gasteiger partial charge < -0.3 is 19.6 Å². The highest BCUT2D eigenvalue weighted by atomic mass is 16.3. The third kappa shape index (κ3) is 2.66. The number of nitrogens with one attached hydrogen (secondary N) is 1. The van der Waals surface area contributed by atoms with Crippen molar-refractivity contribution in [1.29, 1.82) is 5.26 Å². The third-order valence-electron chi connectivity index (χ3n) is 4.53. The molecule has 1 aliphatic heterocycles. The van der Waals surface area contributed by atoms with Gasteiger partial charge in [-0.2, -0.15) is 10.4 Å². The Morgan fingerprint density at radius 3 is 2.96 bits per heavy atom. The SMILES string of the molecule is Cn1ccnc1C(O)c1cc2n(n1)CCN(C(=O)c1cc(C#N)c[nH]1)C2. The molecule has 9 nitrogen and oxygen atoms in total. The Morgan fingerprint density at radius 2 is 2.27 bits per heavy atom. The molecule has 0 bridgehead atoms. The maximum absolute atomic E-state index is 12.6. The molecule has 0 saturated heterocycles. The quantitative estimate of drug-likeness (QED) is 0.715. The number of carbonyl (C=O) groups excluding carboxylic acids is 1. The number of nitriles is 1. The van der Waals surface area contributed by atoms with Gasteiger partial charge in [0.1, 0.15) is 17.6 Å². The van der Waals surface area contributed by atoms with Gasteiger partial charge >= 0.3 is 0 Å². The van der Waals surface area contributed by atoms with Crippen molar-refractivity contribution in [3.05, 3.63) is 59.2 Å². The highest BCUT2D eigenvalue weighted by Crippen LogP contribution is 2.23. The normalized spacial score (nSPS) is 14.7. The summed E-state index contributed by atoms with van der Waals surface area (Å²) in [7, 11) is 1.81. The number of hydrogen-bond donors (Lipinski definition) is 2. The highest BCUT2D eigenvalue weighted by molar-refractivity contribution is 5.92. The molecular weight excluding hydrogens is 334 g/mol. The van der Waals surface area contributed by atoms with E-state index in [1.54, 1.807) is 38.7 Å². The standard InChI is InChI=1S/C17H17N7O2/c1-22-3-2-19-16(22)15(25)13-7-12-10-23(4-5-24(12)21-13)17(26)14-6-11(8-18)9-20-14/h2-3,6-7,9,15,20,25H,4-5,10H2,1H3. The van der Waals surface area contributed by atoms with Crippen molar-refractivity contribution in [2.45, 2.75) is 19.2 Å². The lowest BCUT2D eigenvalue weighted by atomic mass is 10.2. The van der Waals surface area contributed by atoms with E-state index in [4.69, 9.17) is 5.26 Å². The van der Waals surface area contributed by atoms with Gasteiger partial charge in [0.05, 0.1) is 30.0 Å². The lowest BCUT2D eigenvalue weighted by Gasteiger charge is -2.27. The van der Waals surface area contributed by atoms with Crippen molar-refractivity contribution in [1.82, 2.24) is 29.2 Å². The molecule has 4 rings (SSSR count). The number of carbonyl (C=O) groups is 1. The molecule has 2 N–H and O–H groups in total. The van der Waals surface area contributed by atoms with Crippen LogP contribution in [0.15, 0.2) is 30.7 Å². The van der Waals surface area contributed by atoms with E-state index in [1.165, 1.54) is 6.20 Å². The van der Waals surface area contributed by atoms with Crippen LogP contribution in [0.1, 0.15) is 39.4 Å². The number of aliphatic hydroxyl groups excluding tert-OH is 1. The van der Waals surface area contributed by atoms with Crippen LogP contribution in [0.25, 0.3) is 0 Å². The number of hydrogen-bond acceptors (Lipinski definition) is 5. The minimum Gasteiger partial charge on any atom is -0.379 e. The molecule has 0 aromatic carbocycles. The van der Waals surface area contributed by atoms with Gasteiger partial charge in [-0.15, -0.1) is 0 Å². The summed E-state index contributed by atoms with van der Waals surface area (Å²) in [6, 6.07) is 5.35. The number of aliphatic hydroxyl groups is 1. The monoisotopic (exact) mass is 351 g/mol. The predicted octanol–water partition coefficient (Wildman–Crippen LogP) is 0.554. The lowest BCUT2D eigenvalue weighted by Crippen LogP contribution is -2.38. The molecule has 0 radical (unpaired) electrons. The van der Waals surface area contributed by atoms with Gasteiger partial charge in [0.15, 0.2) is 6.10 Å². The van der Waals surface area contributed by atoms with E-state index in [-0.39, 0.29) is 5.91 Å². The third-order valence-corrected chi connectivity index (χ3v) is 4.53. The van der Waals surface area contributed by atoms with Crippen LogP contribution in [0.3, 0.4) is 0 Å². The zero-order valence-electron chi connectivity index (χ0n) is 14.1. The minimum atomic E-state index is -0.918. The summed E-state index contributed by atoms with van der Waals surface area (Å²) in [6.45, 7) is 1.44. The maximum atomic E-state index is 12.6. The number of H-pyrrole nitrogens is 1. The molecule has 1 unspecified atom stereocenters. The van der Waals surface area contributed by atoms with Crippen molar-refractivity contribution in [2.75, 3.05) is 6.54 Å². The zero-order valence-corrected chi connectivity index (χ0v) is 14.1. The number of aryl methyl sites for hydroxylation is 1. The van der Waals surface area contributed by atoms with Crippen LogP contribution in [0.4, 0.5) is 0 Å². The number of aromatic nitrogens is 5. The van der Waals surface area contributed by atoms with Gasteiger partial charge in [-0.1, -0.05) is 0 Å². The summed E-state index contributed by atoms with van der Waals surface area (Å²) in [6.07, 6.45) is 3.99. The second kappa shape index (κ2) is 6.16. The summed E-state index contributed by atoms with van der Waals surface area (Å²) in [4.78, 5) is 21.3. The molecule has 0 aliphatic carbocycles. The van der Waals surface area contributed by atoms with Crippen LogP contribution < -0.4 is 0 Å². The van der Waals surface area contributed by atoms with Gasteiger partial charge in [-0.25, -0.2) is 4.98 Å². The second-order valence-corrected chi connectivity index (χ2v) is 6.22. The Kier molecular flexibility index (Phi) is 3.82. The molecule has 132 valence electrons.